The average Bonchev–Trinajstić information content (AvgIpc) is 2.79. The molecule has 1 aromatic rings. The number of hydrogen-bond donors (Lipinski definition) is 0. The average molecular weight is 255 g/mol. The number of hydrogen-bond acceptors (Lipinski definition) is 6. The Morgan fingerprint density at radius 3 is 2.94 bits per heavy atom. The second-order valence-corrected chi connectivity index (χ2v) is 3.88. The standard InChI is InChI=1S/C11H17N3O2S/c1-4-6-8-16-10-12-11(17-13-10)14(5-2)7-9-15-3/h5,7-9H2,1-3H3. The van der Waals surface area contributed by atoms with E-state index in [9.17, 15) is 0 Å². The van der Waals surface area contributed by atoms with E-state index in [4.69, 9.17) is 9.47 Å². The van der Waals surface area contributed by atoms with Crippen molar-refractivity contribution in [3.05, 3.63) is 0 Å². The van der Waals surface area contributed by atoms with Gasteiger partial charge >= 0.3 is 6.01 Å². The molecule has 0 saturated heterocycles. The van der Waals surface area contributed by atoms with Gasteiger partial charge in [-0.25, -0.2) is 0 Å². The van der Waals surface area contributed by atoms with Crippen LogP contribution in [-0.4, -0.2) is 42.8 Å². The second kappa shape index (κ2) is 7.87. The van der Waals surface area contributed by atoms with Crippen LogP contribution in [-0.2, 0) is 4.74 Å². The van der Waals surface area contributed by atoms with Crippen molar-refractivity contribution in [1.29, 1.82) is 0 Å². The summed E-state index contributed by atoms with van der Waals surface area (Å²) < 4.78 is 14.5. The third-order valence-corrected chi connectivity index (χ3v) is 2.82. The van der Waals surface area contributed by atoms with Gasteiger partial charge in [0, 0.05) is 31.7 Å². The normalized spacial score (nSPS) is 9.59. The highest BCUT2D eigenvalue weighted by molar-refractivity contribution is 7.09. The van der Waals surface area contributed by atoms with Crippen molar-refractivity contribution in [2.24, 2.45) is 0 Å². The van der Waals surface area contributed by atoms with Crippen LogP contribution >= 0.6 is 11.5 Å². The summed E-state index contributed by atoms with van der Waals surface area (Å²) in [6.45, 7) is 6.51. The topological polar surface area (TPSA) is 47.5 Å². The molecule has 5 nitrogen and oxygen atoms in total. The van der Waals surface area contributed by atoms with Gasteiger partial charge < -0.3 is 14.4 Å². The molecule has 0 atom stereocenters. The van der Waals surface area contributed by atoms with Crippen molar-refractivity contribution in [3.63, 3.8) is 0 Å². The lowest BCUT2D eigenvalue weighted by Crippen LogP contribution is -2.26. The third-order valence-electron chi connectivity index (χ3n) is 2.06. The van der Waals surface area contributed by atoms with Gasteiger partial charge in [-0.2, -0.15) is 4.98 Å². The molecular formula is C11H17N3O2S. The number of rotatable bonds is 7. The number of aromatic nitrogens is 2. The first-order valence-corrected chi connectivity index (χ1v) is 6.19. The van der Waals surface area contributed by atoms with Crippen LogP contribution in [0.3, 0.4) is 0 Å². The van der Waals surface area contributed by atoms with E-state index < -0.39 is 0 Å². The van der Waals surface area contributed by atoms with Crippen LogP contribution in [0.5, 0.6) is 6.01 Å². The molecule has 0 aliphatic heterocycles. The Morgan fingerprint density at radius 2 is 2.29 bits per heavy atom. The minimum absolute atomic E-state index is 0.330. The van der Waals surface area contributed by atoms with Gasteiger partial charge in [0.15, 0.2) is 6.61 Å². The van der Waals surface area contributed by atoms with Crippen molar-refractivity contribution < 1.29 is 9.47 Å². The lowest BCUT2D eigenvalue weighted by molar-refractivity contribution is 0.205. The molecule has 0 fully saturated rings. The van der Waals surface area contributed by atoms with Crippen LogP contribution in [0, 0.1) is 11.8 Å². The van der Waals surface area contributed by atoms with Gasteiger partial charge in [-0.3, -0.25) is 0 Å². The highest BCUT2D eigenvalue weighted by Gasteiger charge is 2.11. The van der Waals surface area contributed by atoms with E-state index in [-0.39, 0.29) is 0 Å². The van der Waals surface area contributed by atoms with Crippen molar-refractivity contribution in [2.45, 2.75) is 13.8 Å². The van der Waals surface area contributed by atoms with Gasteiger partial charge in [0.1, 0.15) is 0 Å². The number of likely N-dealkylation sites (N-methyl/N-ethyl adjacent to an activating group) is 1. The Labute approximate surface area is 106 Å². The zero-order valence-electron chi connectivity index (χ0n) is 10.4. The van der Waals surface area contributed by atoms with Gasteiger partial charge in [0.05, 0.1) is 6.61 Å². The molecular weight excluding hydrogens is 238 g/mol. The summed E-state index contributed by atoms with van der Waals surface area (Å²) in [4.78, 5) is 6.39. The minimum atomic E-state index is 0.330. The van der Waals surface area contributed by atoms with E-state index in [1.807, 2.05) is 0 Å². The molecule has 0 N–H and O–H groups in total. The fraction of sp³-hybridized carbons (Fsp3) is 0.636. The maximum absolute atomic E-state index is 5.28. The number of ether oxygens (including phenoxy) is 2. The molecule has 6 heteroatoms. The zero-order valence-corrected chi connectivity index (χ0v) is 11.2. The highest BCUT2D eigenvalue weighted by Crippen LogP contribution is 2.20. The Bertz CT molecular complexity index is 384. The van der Waals surface area contributed by atoms with E-state index in [2.05, 4.69) is 33.0 Å². The molecule has 0 unspecified atom stereocenters. The van der Waals surface area contributed by atoms with E-state index in [0.29, 0.717) is 19.2 Å². The first-order valence-electron chi connectivity index (χ1n) is 5.41. The van der Waals surface area contributed by atoms with Crippen LogP contribution in [0.1, 0.15) is 13.8 Å². The molecule has 1 aromatic heterocycles. The molecule has 0 radical (unpaired) electrons. The Morgan fingerprint density at radius 1 is 1.47 bits per heavy atom. The molecule has 1 rings (SSSR count). The lowest BCUT2D eigenvalue weighted by Gasteiger charge is -2.17. The maximum Gasteiger partial charge on any atom is 0.331 e. The SMILES string of the molecule is CC#CCOc1nsc(N(CC)CCOC)n1. The predicted octanol–water partition coefficient (Wildman–Crippen LogP) is 1.41. The van der Waals surface area contributed by atoms with Crippen molar-refractivity contribution >= 4 is 16.7 Å². The molecule has 0 amide bonds. The van der Waals surface area contributed by atoms with Gasteiger partial charge in [0.2, 0.25) is 5.13 Å². The summed E-state index contributed by atoms with van der Waals surface area (Å²) >= 11 is 1.33. The molecule has 0 bridgehead atoms. The summed E-state index contributed by atoms with van der Waals surface area (Å²) in [5.74, 6) is 5.55. The second-order valence-electron chi connectivity index (χ2n) is 3.15. The molecule has 0 spiro atoms. The Hall–Kier alpha value is -1.32. The van der Waals surface area contributed by atoms with Crippen LogP contribution < -0.4 is 9.64 Å². The predicted molar refractivity (Wildman–Crippen MR) is 68.6 cm³/mol. The van der Waals surface area contributed by atoms with E-state index in [0.717, 1.165) is 18.2 Å². The van der Waals surface area contributed by atoms with Crippen molar-refractivity contribution in [1.82, 2.24) is 9.36 Å². The molecule has 0 aromatic carbocycles. The summed E-state index contributed by atoms with van der Waals surface area (Å²) in [6.07, 6.45) is 0. The first kappa shape index (κ1) is 13.7. The van der Waals surface area contributed by atoms with Gasteiger partial charge in [-0.05, 0) is 13.8 Å². The number of anilines is 1. The summed E-state index contributed by atoms with van der Waals surface area (Å²) in [5.41, 5.74) is 0. The Kier molecular flexibility index (Phi) is 6.37. The fourth-order valence-corrected chi connectivity index (χ4v) is 1.86. The number of nitrogens with zero attached hydrogens (tertiary/aromatic N) is 3. The van der Waals surface area contributed by atoms with Crippen molar-refractivity contribution in [3.8, 4) is 17.9 Å². The molecule has 94 valence electrons. The van der Waals surface area contributed by atoms with Crippen LogP contribution in [0.2, 0.25) is 0 Å². The number of methoxy groups -OCH3 is 1. The maximum atomic E-state index is 5.28. The molecule has 0 aliphatic rings. The van der Waals surface area contributed by atoms with Gasteiger partial charge in [0.25, 0.3) is 0 Å². The Balaban J connectivity index is 2.54. The first-order chi connectivity index (χ1) is 8.31. The molecule has 0 saturated carbocycles. The van der Waals surface area contributed by atoms with Crippen LogP contribution in [0.15, 0.2) is 0 Å². The molecule has 0 aliphatic carbocycles. The monoisotopic (exact) mass is 255 g/mol. The lowest BCUT2D eigenvalue weighted by atomic mass is 10.5. The summed E-state index contributed by atoms with van der Waals surface area (Å²) in [5, 5.41) is 0.851. The quantitative estimate of drug-likeness (QED) is 0.689. The van der Waals surface area contributed by atoms with Gasteiger partial charge in [-0.1, -0.05) is 5.92 Å². The van der Waals surface area contributed by atoms with Crippen LogP contribution in [0.4, 0.5) is 5.13 Å². The van der Waals surface area contributed by atoms with E-state index >= 15 is 0 Å². The zero-order chi connectivity index (χ0) is 12.5. The smallest absolute Gasteiger partial charge is 0.331 e. The van der Waals surface area contributed by atoms with Gasteiger partial charge in [-0.15, -0.1) is 10.3 Å². The molecule has 17 heavy (non-hydrogen) atoms. The molecule has 1 heterocycles. The largest absolute Gasteiger partial charge is 0.450 e. The van der Waals surface area contributed by atoms with Crippen LogP contribution in [0.25, 0.3) is 0 Å². The minimum Gasteiger partial charge on any atom is -0.450 e. The highest BCUT2D eigenvalue weighted by atomic mass is 32.1. The summed E-state index contributed by atoms with van der Waals surface area (Å²) in [7, 11) is 1.69. The van der Waals surface area contributed by atoms with Crippen molar-refractivity contribution in [2.75, 3.05) is 38.3 Å². The van der Waals surface area contributed by atoms with E-state index in [1.54, 1.807) is 14.0 Å². The summed E-state index contributed by atoms with van der Waals surface area (Å²) in [6, 6.07) is 0.392. The van der Waals surface area contributed by atoms with E-state index in [1.165, 1.54) is 11.5 Å². The third kappa shape index (κ3) is 4.59. The fourth-order valence-electron chi connectivity index (χ4n) is 1.15.